The second kappa shape index (κ2) is 10.5. The molecule has 1 aromatic heterocycles. The van der Waals surface area contributed by atoms with E-state index in [0.29, 0.717) is 12.0 Å². The van der Waals surface area contributed by atoms with E-state index in [-0.39, 0.29) is 24.0 Å². The SMILES string of the molecule is CN=C(NCC1CCN(Cc2nc(C)c(C)o2)CC1)NC1CCCC1.I. The standard InChI is InChI=1S/C19H33N5O.HI/c1-14-15(2)25-18(22-14)13-24-10-8-16(9-11-24)12-21-19(20-3)23-17-6-4-5-7-17;/h16-17H,4-13H2,1-3H3,(H2,20,21,23);1H. The first kappa shape index (κ1) is 21.5. The number of aliphatic imine (C=N–C) groups is 1. The van der Waals surface area contributed by atoms with E-state index in [1.165, 1.54) is 38.5 Å². The van der Waals surface area contributed by atoms with E-state index in [4.69, 9.17) is 4.42 Å². The largest absolute Gasteiger partial charge is 0.444 e. The fourth-order valence-electron chi connectivity index (χ4n) is 3.85. The van der Waals surface area contributed by atoms with Crippen molar-refractivity contribution in [2.24, 2.45) is 10.9 Å². The number of nitrogens with zero attached hydrogens (tertiary/aromatic N) is 3. The zero-order valence-electron chi connectivity index (χ0n) is 16.4. The van der Waals surface area contributed by atoms with Crippen LogP contribution in [0.25, 0.3) is 0 Å². The highest BCUT2D eigenvalue weighted by molar-refractivity contribution is 14.0. The van der Waals surface area contributed by atoms with Crippen LogP contribution < -0.4 is 10.6 Å². The summed E-state index contributed by atoms with van der Waals surface area (Å²) < 4.78 is 5.71. The molecule has 1 saturated heterocycles. The number of rotatable bonds is 5. The number of hydrogen-bond acceptors (Lipinski definition) is 4. The molecular formula is C19H34IN5O. The van der Waals surface area contributed by atoms with Crippen molar-refractivity contribution in [3.05, 3.63) is 17.3 Å². The molecule has 0 bridgehead atoms. The summed E-state index contributed by atoms with van der Waals surface area (Å²) in [5.74, 6) is 3.48. The molecule has 2 N–H and O–H groups in total. The highest BCUT2D eigenvalue weighted by Gasteiger charge is 2.22. The van der Waals surface area contributed by atoms with Gasteiger partial charge in [0.05, 0.1) is 12.2 Å². The van der Waals surface area contributed by atoms with Gasteiger partial charge in [0.1, 0.15) is 5.76 Å². The lowest BCUT2D eigenvalue weighted by molar-refractivity contribution is 0.164. The van der Waals surface area contributed by atoms with Gasteiger partial charge in [-0.05, 0) is 58.5 Å². The Hall–Kier alpha value is -0.830. The van der Waals surface area contributed by atoms with Gasteiger partial charge in [0.15, 0.2) is 5.96 Å². The van der Waals surface area contributed by atoms with Crippen molar-refractivity contribution in [2.75, 3.05) is 26.7 Å². The Morgan fingerprint density at radius 3 is 2.46 bits per heavy atom. The average Bonchev–Trinajstić information content (AvgIpc) is 3.23. The molecule has 0 aromatic carbocycles. The van der Waals surface area contributed by atoms with Gasteiger partial charge in [-0.25, -0.2) is 4.98 Å². The summed E-state index contributed by atoms with van der Waals surface area (Å²) in [4.78, 5) is 11.3. The molecular weight excluding hydrogens is 441 g/mol. The number of piperidine rings is 1. The van der Waals surface area contributed by atoms with Crippen molar-refractivity contribution >= 4 is 29.9 Å². The van der Waals surface area contributed by atoms with Crippen LogP contribution in [-0.4, -0.2) is 48.6 Å². The van der Waals surface area contributed by atoms with Crippen molar-refractivity contribution < 1.29 is 4.42 Å². The van der Waals surface area contributed by atoms with Gasteiger partial charge in [-0.15, -0.1) is 24.0 Å². The minimum Gasteiger partial charge on any atom is -0.444 e. The molecule has 1 aromatic rings. The van der Waals surface area contributed by atoms with E-state index >= 15 is 0 Å². The van der Waals surface area contributed by atoms with Gasteiger partial charge in [0.2, 0.25) is 5.89 Å². The number of aryl methyl sites for hydroxylation is 2. The summed E-state index contributed by atoms with van der Waals surface area (Å²) in [6, 6.07) is 0.612. The predicted molar refractivity (Wildman–Crippen MR) is 116 cm³/mol. The first-order chi connectivity index (χ1) is 12.1. The van der Waals surface area contributed by atoms with Gasteiger partial charge in [-0.2, -0.15) is 0 Å². The molecule has 2 heterocycles. The number of guanidine groups is 1. The molecule has 1 aliphatic carbocycles. The van der Waals surface area contributed by atoms with Crippen LogP contribution in [0.15, 0.2) is 9.41 Å². The Kier molecular flexibility index (Phi) is 8.66. The Balaban J connectivity index is 0.00000243. The van der Waals surface area contributed by atoms with E-state index in [1.807, 2.05) is 20.9 Å². The minimum atomic E-state index is 0. The lowest BCUT2D eigenvalue weighted by atomic mass is 9.97. The predicted octanol–water partition coefficient (Wildman–Crippen LogP) is 3.23. The van der Waals surface area contributed by atoms with Crippen LogP contribution in [0.3, 0.4) is 0 Å². The smallest absolute Gasteiger partial charge is 0.208 e. The first-order valence-corrected chi connectivity index (χ1v) is 9.76. The summed E-state index contributed by atoms with van der Waals surface area (Å²) in [6.07, 6.45) is 7.67. The highest BCUT2D eigenvalue weighted by atomic mass is 127. The Bertz CT molecular complexity index is 555. The molecule has 7 heteroatoms. The summed E-state index contributed by atoms with van der Waals surface area (Å²) in [7, 11) is 1.87. The maximum Gasteiger partial charge on any atom is 0.208 e. The molecule has 26 heavy (non-hydrogen) atoms. The zero-order valence-corrected chi connectivity index (χ0v) is 18.7. The van der Waals surface area contributed by atoms with Gasteiger partial charge in [0, 0.05) is 19.6 Å². The molecule has 0 amide bonds. The first-order valence-electron chi connectivity index (χ1n) is 9.76. The maximum absolute atomic E-state index is 5.71. The van der Waals surface area contributed by atoms with Crippen molar-refractivity contribution in [1.29, 1.82) is 0 Å². The third kappa shape index (κ3) is 6.11. The lowest BCUT2D eigenvalue weighted by Crippen LogP contribution is -2.45. The van der Waals surface area contributed by atoms with Crippen LogP contribution in [0.1, 0.15) is 55.9 Å². The number of halogens is 1. The minimum absolute atomic E-state index is 0. The Morgan fingerprint density at radius 1 is 1.19 bits per heavy atom. The van der Waals surface area contributed by atoms with Gasteiger partial charge in [-0.3, -0.25) is 9.89 Å². The second-order valence-corrected chi connectivity index (χ2v) is 7.55. The lowest BCUT2D eigenvalue weighted by Gasteiger charge is -2.31. The quantitative estimate of drug-likeness (QED) is 0.389. The number of nitrogens with one attached hydrogen (secondary N) is 2. The normalized spacial score (nSPS) is 20.2. The zero-order chi connectivity index (χ0) is 17.6. The molecule has 2 fully saturated rings. The number of aromatic nitrogens is 1. The summed E-state index contributed by atoms with van der Waals surface area (Å²) in [5, 5.41) is 7.09. The van der Waals surface area contributed by atoms with Gasteiger partial charge >= 0.3 is 0 Å². The molecule has 1 saturated carbocycles. The molecule has 0 unspecified atom stereocenters. The van der Waals surface area contributed by atoms with Crippen LogP contribution in [0.2, 0.25) is 0 Å². The van der Waals surface area contributed by atoms with E-state index in [1.54, 1.807) is 0 Å². The van der Waals surface area contributed by atoms with Crippen LogP contribution in [-0.2, 0) is 6.54 Å². The van der Waals surface area contributed by atoms with E-state index in [2.05, 4.69) is 25.5 Å². The number of likely N-dealkylation sites (tertiary alicyclic amines) is 1. The van der Waals surface area contributed by atoms with E-state index in [0.717, 1.165) is 49.5 Å². The van der Waals surface area contributed by atoms with Crippen molar-refractivity contribution in [1.82, 2.24) is 20.5 Å². The van der Waals surface area contributed by atoms with Crippen molar-refractivity contribution in [3.63, 3.8) is 0 Å². The molecule has 0 atom stereocenters. The topological polar surface area (TPSA) is 65.7 Å². The Morgan fingerprint density at radius 2 is 1.88 bits per heavy atom. The molecule has 6 nitrogen and oxygen atoms in total. The molecule has 2 aliphatic rings. The van der Waals surface area contributed by atoms with Crippen molar-refractivity contribution in [3.8, 4) is 0 Å². The summed E-state index contributed by atoms with van der Waals surface area (Å²) in [5.41, 5.74) is 1.01. The number of hydrogen-bond donors (Lipinski definition) is 2. The van der Waals surface area contributed by atoms with Crippen molar-refractivity contribution in [2.45, 2.75) is 65.0 Å². The maximum atomic E-state index is 5.71. The fourth-order valence-corrected chi connectivity index (χ4v) is 3.85. The highest BCUT2D eigenvalue weighted by Crippen LogP contribution is 2.20. The monoisotopic (exact) mass is 475 g/mol. The van der Waals surface area contributed by atoms with Gasteiger partial charge < -0.3 is 15.1 Å². The molecule has 0 spiro atoms. The second-order valence-electron chi connectivity index (χ2n) is 7.55. The molecule has 0 radical (unpaired) electrons. The molecule has 3 rings (SSSR count). The van der Waals surface area contributed by atoms with Crippen LogP contribution in [0, 0.1) is 19.8 Å². The summed E-state index contributed by atoms with van der Waals surface area (Å²) in [6.45, 7) is 8.06. The average molecular weight is 475 g/mol. The Labute approximate surface area is 174 Å². The molecule has 1 aliphatic heterocycles. The van der Waals surface area contributed by atoms with Gasteiger partial charge in [-0.1, -0.05) is 12.8 Å². The molecule has 148 valence electrons. The van der Waals surface area contributed by atoms with Crippen LogP contribution >= 0.6 is 24.0 Å². The third-order valence-corrected chi connectivity index (χ3v) is 5.62. The van der Waals surface area contributed by atoms with Crippen LogP contribution in [0.5, 0.6) is 0 Å². The summed E-state index contributed by atoms with van der Waals surface area (Å²) >= 11 is 0. The van der Waals surface area contributed by atoms with E-state index in [9.17, 15) is 0 Å². The third-order valence-electron chi connectivity index (χ3n) is 5.62. The fraction of sp³-hybridized carbons (Fsp3) is 0.789. The van der Waals surface area contributed by atoms with E-state index < -0.39 is 0 Å². The van der Waals surface area contributed by atoms with Gasteiger partial charge in [0.25, 0.3) is 0 Å². The van der Waals surface area contributed by atoms with Crippen LogP contribution in [0.4, 0.5) is 0 Å². The number of oxazole rings is 1.